The van der Waals surface area contributed by atoms with Crippen LogP contribution in [0.3, 0.4) is 0 Å². The van der Waals surface area contributed by atoms with Gasteiger partial charge >= 0.3 is 6.55 Å². The number of aromatic nitrogens is 2. The van der Waals surface area contributed by atoms with Gasteiger partial charge in [-0.3, -0.25) is 9.69 Å². The normalized spacial score (nSPS) is 17.1. The number of amides is 1. The predicted octanol–water partition coefficient (Wildman–Crippen LogP) is 1.96. The molecular formula is C17H18F2N4O3. The molecule has 1 aromatic carbocycles. The van der Waals surface area contributed by atoms with E-state index in [4.69, 9.17) is 9.47 Å². The first-order valence-corrected chi connectivity index (χ1v) is 8.33. The molecule has 26 heavy (non-hydrogen) atoms. The number of hydrogen-bond acceptors (Lipinski definition) is 5. The fourth-order valence-corrected chi connectivity index (χ4v) is 3.21. The highest BCUT2D eigenvalue weighted by Gasteiger charge is 2.26. The Labute approximate surface area is 148 Å². The number of hydrogen-bond donors (Lipinski definition) is 0. The summed E-state index contributed by atoms with van der Waals surface area (Å²) in [6.45, 7) is 0.459. The Balaban J connectivity index is 1.35. The molecule has 0 radical (unpaired) electrons. The minimum absolute atomic E-state index is 0.0794. The van der Waals surface area contributed by atoms with E-state index in [1.165, 1.54) is 12.3 Å². The number of carbonyl (C=O) groups excluding carboxylic acids is 1. The molecule has 1 aromatic heterocycles. The van der Waals surface area contributed by atoms with E-state index in [0.717, 1.165) is 23.6 Å². The minimum Gasteiger partial charge on any atom is -0.454 e. The molecule has 138 valence electrons. The molecule has 7 nitrogen and oxygen atoms in total. The molecule has 0 aliphatic carbocycles. The van der Waals surface area contributed by atoms with Gasteiger partial charge in [0.25, 0.3) is 5.91 Å². The lowest BCUT2D eigenvalue weighted by Crippen LogP contribution is -2.48. The Bertz CT molecular complexity index is 803. The second-order valence-electron chi connectivity index (χ2n) is 6.19. The molecule has 1 amide bonds. The number of alkyl halides is 2. The van der Waals surface area contributed by atoms with Gasteiger partial charge in [-0.15, -0.1) is 0 Å². The number of nitrogens with zero attached hydrogens (tertiary/aromatic N) is 4. The summed E-state index contributed by atoms with van der Waals surface area (Å²) in [7, 11) is 0. The number of carbonyl (C=O) groups is 1. The van der Waals surface area contributed by atoms with Crippen LogP contribution in [0, 0.1) is 0 Å². The van der Waals surface area contributed by atoms with Crippen LogP contribution in [0.5, 0.6) is 11.5 Å². The van der Waals surface area contributed by atoms with Crippen LogP contribution in [0.15, 0.2) is 30.5 Å². The lowest BCUT2D eigenvalue weighted by molar-refractivity contribution is 0.0424. The molecule has 0 unspecified atom stereocenters. The van der Waals surface area contributed by atoms with Crippen molar-refractivity contribution in [2.45, 2.75) is 13.1 Å². The third kappa shape index (κ3) is 3.22. The summed E-state index contributed by atoms with van der Waals surface area (Å²) in [5.74, 6) is 1.09. The fraction of sp³-hybridized carbons (Fsp3) is 0.412. The highest BCUT2D eigenvalue weighted by atomic mass is 19.3. The van der Waals surface area contributed by atoms with Crippen LogP contribution >= 0.6 is 0 Å². The largest absolute Gasteiger partial charge is 0.454 e. The molecule has 2 aliphatic heterocycles. The molecule has 0 bridgehead atoms. The molecule has 2 aliphatic rings. The summed E-state index contributed by atoms with van der Waals surface area (Å²) in [4.78, 5) is 16.3. The lowest BCUT2D eigenvalue weighted by Gasteiger charge is -2.34. The monoisotopic (exact) mass is 364 g/mol. The smallest absolute Gasteiger partial charge is 0.333 e. The van der Waals surface area contributed by atoms with Crippen molar-refractivity contribution in [1.82, 2.24) is 19.6 Å². The summed E-state index contributed by atoms with van der Waals surface area (Å²) >= 11 is 0. The number of piperazine rings is 1. The van der Waals surface area contributed by atoms with Crippen molar-refractivity contribution >= 4 is 5.91 Å². The van der Waals surface area contributed by atoms with E-state index in [0.29, 0.717) is 30.9 Å². The van der Waals surface area contributed by atoms with E-state index in [2.05, 4.69) is 10.00 Å². The Morgan fingerprint density at radius 1 is 1.12 bits per heavy atom. The average molecular weight is 364 g/mol. The Morgan fingerprint density at radius 2 is 1.88 bits per heavy atom. The predicted molar refractivity (Wildman–Crippen MR) is 87.2 cm³/mol. The van der Waals surface area contributed by atoms with Gasteiger partial charge in [-0.1, -0.05) is 6.07 Å². The van der Waals surface area contributed by atoms with Gasteiger partial charge in [0.1, 0.15) is 5.69 Å². The first kappa shape index (κ1) is 16.8. The zero-order chi connectivity index (χ0) is 18.1. The summed E-state index contributed by atoms with van der Waals surface area (Å²) in [6, 6.07) is 7.17. The summed E-state index contributed by atoms with van der Waals surface area (Å²) in [6.07, 6.45) is 1.22. The second-order valence-corrected chi connectivity index (χ2v) is 6.19. The van der Waals surface area contributed by atoms with Gasteiger partial charge in [0.05, 0.1) is 0 Å². The van der Waals surface area contributed by atoms with Crippen LogP contribution in [0.4, 0.5) is 8.78 Å². The topological polar surface area (TPSA) is 59.8 Å². The maximum absolute atomic E-state index is 12.9. The van der Waals surface area contributed by atoms with Crippen LogP contribution in [0.25, 0.3) is 0 Å². The molecule has 0 N–H and O–H groups in total. The zero-order valence-corrected chi connectivity index (χ0v) is 14.0. The van der Waals surface area contributed by atoms with Gasteiger partial charge in [-0.25, -0.2) is 0 Å². The standard InChI is InChI=1S/C17H18F2N4O3/c18-17(19)23-13(3-4-20-23)16(24)22-7-5-21(6-8-22)10-12-1-2-14-15(9-12)26-11-25-14/h1-4,9,17H,5-8,10-11H2. The number of ether oxygens (including phenoxy) is 2. The maximum Gasteiger partial charge on any atom is 0.333 e. The number of fused-ring (bicyclic) bond motifs is 1. The zero-order valence-electron chi connectivity index (χ0n) is 14.0. The molecule has 1 saturated heterocycles. The first-order chi connectivity index (χ1) is 12.6. The van der Waals surface area contributed by atoms with Gasteiger partial charge < -0.3 is 14.4 Å². The van der Waals surface area contributed by atoms with E-state index in [-0.39, 0.29) is 12.5 Å². The van der Waals surface area contributed by atoms with Gasteiger partial charge in [0, 0.05) is 38.9 Å². The summed E-state index contributed by atoms with van der Waals surface area (Å²) in [5.41, 5.74) is 1.02. The summed E-state index contributed by atoms with van der Waals surface area (Å²) in [5, 5.41) is 3.52. The van der Waals surface area contributed by atoms with Crippen LogP contribution in [0.1, 0.15) is 22.6 Å². The molecule has 9 heteroatoms. The van der Waals surface area contributed by atoms with Crippen molar-refractivity contribution in [3.05, 3.63) is 41.7 Å². The quantitative estimate of drug-likeness (QED) is 0.830. The first-order valence-electron chi connectivity index (χ1n) is 8.33. The number of halogens is 2. The summed E-state index contributed by atoms with van der Waals surface area (Å²) < 4.78 is 36.9. The molecule has 4 rings (SSSR count). The van der Waals surface area contributed by atoms with Crippen molar-refractivity contribution in [2.24, 2.45) is 0 Å². The van der Waals surface area contributed by atoms with Gasteiger partial charge in [0.2, 0.25) is 6.79 Å². The molecule has 3 heterocycles. The van der Waals surface area contributed by atoms with E-state index in [1.54, 1.807) is 4.90 Å². The van der Waals surface area contributed by atoms with E-state index in [9.17, 15) is 13.6 Å². The van der Waals surface area contributed by atoms with Crippen molar-refractivity contribution in [3.8, 4) is 11.5 Å². The average Bonchev–Trinajstić information content (AvgIpc) is 3.30. The van der Waals surface area contributed by atoms with Crippen molar-refractivity contribution in [2.75, 3.05) is 33.0 Å². The highest BCUT2D eigenvalue weighted by molar-refractivity contribution is 5.92. The van der Waals surface area contributed by atoms with Crippen LogP contribution < -0.4 is 9.47 Å². The SMILES string of the molecule is O=C(c1ccnn1C(F)F)N1CCN(Cc2ccc3c(c2)OCO3)CC1. The molecule has 0 saturated carbocycles. The van der Waals surface area contributed by atoms with E-state index >= 15 is 0 Å². The molecule has 1 fully saturated rings. The van der Waals surface area contributed by atoms with Gasteiger partial charge in [-0.2, -0.15) is 18.6 Å². The van der Waals surface area contributed by atoms with E-state index in [1.807, 2.05) is 18.2 Å². The van der Waals surface area contributed by atoms with Crippen LogP contribution in [-0.4, -0.2) is 58.5 Å². The minimum atomic E-state index is -2.82. The molecule has 0 atom stereocenters. The van der Waals surface area contributed by atoms with Crippen molar-refractivity contribution in [1.29, 1.82) is 0 Å². The molecule has 2 aromatic rings. The second kappa shape index (κ2) is 6.91. The third-order valence-corrected chi connectivity index (χ3v) is 4.58. The van der Waals surface area contributed by atoms with Crippen molar-refractivity contribution < 1.29 is 23.0 Å². The number of rotatable bonds is 4. The Kier molecular flexibility index (Phi) is 4.46. The van der Waals surface area contributed by atoms with Crippen LogP contribution in [-0.2, 0) is 6.54 Å². The Hall–Kier alpha value is -2.68. The van der Waals surface area contributed by atoms with Crippen molar-refractivity contribution in [3.63, 3.8) is 0 Å². The third-order valence-electron chi connectivity index (χ3n) is 4.58. The Morgan fingerprint density at radius 3 is 2.65 bits per heavy atom. The number of benzene rings is 1. The van der Waals surface area contributed by atoms with Gasteiger partial charge in [-0.05, 0) is 23.8 Å². The highest BCUT2D eigenvalue weighted by Crippen LogP contribution is 2.32. The van der Waals surface area contributed by atoms with Crippen LogP contribution in [0.2, 0.25) is 0 Å². The maximum atomic E-state index is 12.9. The lowest BCUT2D eigenvalue weighted by atomic mass is 10.1. The molecule has 0 spiro atoms. The van der Waals surface area contributed by atoms with Gasteiger partial charge in [0.15, 0.2) is 11.5 Å². The fourth-order valence-electron chi connectivity index (χ4n) is 3.21. The van der Waals surface area contributed by atoms with E-state index < -0.39 is 12.5 Å². The molecular weight excluding hydrogens is 346 g/mol.